The zero-order valence-electron chi connectivity index (χ0n) is 15.4. The van der Waals surface area contributed by atoms with Crippen LogP contribution in [0.3, 0.4) is 0 Å². The fourth-order valence-electron chi connectivity index (χ4n) is 3.17. The highest BCUT2D eigenvalue weighted by molar-refractivity contribution is 7.96. The van der Waals surface area contributed by atoms with Crippen molar-refractivity contribution in [3.05, 3.63) is 21.0 Å². The Kier molecular flexibility index (Phi) is 6.00. The number of carbonyl (C=O) groups is 1. The van der Waals surface area contributed by atoms with Gasteiger partial charge in [-0.15, -0.1) is 0 Å². The van der Waals surface area contributed by atoms with Gasteiger partial charge in [0.05, 0.1) is 6.26 Å². The van der Waals surface area contributed by atoms with Gasteiger partial charge in [-0.2, -0.15) is 4.98 Å². The molecule has 13 nitrogen and oxygen atoms in total. The largest absolute Gasteiger partial charge is 0.480 e. The fraction of sp³-hybridized carbons (Fsp3) is 0.600. The van der Waals surface area contributed by atoms with E-state index >= 15 is 0 Å². The van der Waals surface area contributed by atoms with E-state index in [0.29, 0.717) is 11.5 Å². The Hall–Kier alpha value is -2.39. The number of carboxylic acids is 1. The number of aliphatic hydroxyl groups excluding tert-OH is 2. The summed E-state index contributed by atoms with van der Waals surface area (Å²) >= 11 is 0. The highest BCUT2D eigenvalue weighted by Gasteiger charge is 2.47. The average Bonchev–Trinajstić information content (AvgIpc) is 3.10. The van der Waals surface area contributed by atoms with Crippen molar-refractivity contribution in [2.24, 2.45) is 5.73 Å². The number of nitrogens with one attached hydrogen (secondary N) is 2. The van der Waals surface area contributed by atoms with E-state index in [0.717, 1.165) is 4.57 Å². The number of aromatic nitrogens is 4. The molecule has 0 radical (unpaired) electrons. The van der Waals surface area contributed by atoms with Gasteiger partial charge in [0.1, 0.15) is 47.2 Å². The summed E-state index contributed by atoms with van der Waals surface area (Å²) in [6.45, 7) is 0. The Morgan fingerprint density at radius 1 is 1.34 bits per heavy atom. The van der Waals surface area contributed by atoms with Crippen molar-refractivity contribution >= 4 is 33.8 Å². The molecular formula is C15H23N6O7S+. The number of rotatable bonds is 7. The minimum absolute atomic E-state index is 0.0845. The molecule has 2 aromatic rings. The first kappa shape index (κ1) is 21.3. The Morgan fingerprint density at radius 2 is 2.03 bits per heavy atom. The number of hydrogen-bond acceptors (Lipinski definition) is 9. The molecule has 2 aromatic heterocycles. The lowest BCUT2D eigenvalue weighted by Crippen LogP contribution is -2.37. The average molecular weight is 431 g/mol. The summed E-state index contributed by atoms with van der Waals surface area (Å²) < 4.78 is 6.68. The predicted octanol–water partition coefficient (Wildman–Crippen LogP) is -3.34. The van der Waals surface area contributed by atoms with Gasteiger partial charge in [-0.05, 0) is 10.9 Å². The summed E-state index contributed by atoms with van der Waals surface area (Å²) in [6, 6.07) is -0.975. The number of aliphatic hydroxyl groups is 2. The lowest BCUT2D eigenvalue weighted by atomic mass is 10.1. The summed E-state index contributed by atoms with van der Waals surface area (Å²) in [5.41, 5.74) is 9.68. The van der Waals surface area contributed by atoms with Gasteiger partial charge in [0.2, 0.25) is 0 Å². The smallest absolute Gasteiger partial charge is 0.348 e. The number of hydrogen-bond donors (Lipinski definition) is 7. The number of aromatic amines is 2. The second-order valence-corrected chi connectivity index (χ2v) is 9.19. The lowest BCUT2D eigenvalue weighted by molar-refractivity contribution is -0.138. The Bertz CT molecular complexity index is 1020. The third kappa shape index (κ3) is 4.16. The molecule has 14 heteroatoms. The van der Waals surface area contributed by atoms with Crippen molar-refractivity contribution < 1.29 is 24.9 Å². The van der Waals surface area contributed by atoms with Gasteiger partial charge in [-0.1, -0.05) is 0 Å². The number of anilines is 1. The monoisotopic (exact) mass is 431 g/mol. The van der Waals surface area contributed by atoms with Crippen LogP contribution in [0.1, 0.15) is 12.6 Å². The summed E-state index contributed by atoms with van der Waals surface area (Å²) in [5.74, 6) is -0.351. The van der Waals surface area contributed by atoms with Gasteiger partial charge < -0.3 is 36.5 Å². The SMILES string of the molecule is C[S+](CC[C@H](N)C(=O)O)C[C@H]1O[C@@H](n2c(=O)[nH]c3c(N)[nH]c(=O)nc32)[C@H](O)[C@@H]1O. The minimum atomic E-state index is -1.45. The molecular weight excluding hydrogens is 408 g/mol. The van der Waals surface area contributed by atoms with E-state index in [1.54, 1.807) is 0 Å². The van der Waals surface area contributed by atoms with Crippen molar-refractivity contribution in [3.63, 3.8) is 0 Å². The summed E-state index contributed by atoms with van der Waals surface area (Å²) in [6.07, 6.45) is -2.69. The third-order valence-electron chi connectivity index (χ3n) is 4.76. The molecule has 0 bridgehead atoms. The molecule has 1 aliphatic rings. The molecule has 3 rings (SSSR count). The van der Waals surface area contributed by atoms with Crippen molar-refractivity contribution in [1.82, 2.24) is 19.5 Å². The fourth-order valence-corrected chi connectivity index (χ4v) is 4.83. The molecule has 3 heterocycles. The molecule has 0 amide bonds. The molecule has 9 N–H and O–H groups in total. The van der Waals surface area contributed by atoms with Gasteiger partial charge in [0.25, 0.3) is 0 Å². The summed E-state index contributed by atoms with van der Waals surface area (Å²) in [7, 11) is -0.359. The van der Waals surface area contributed by atoms with Crippen LogP contribution in [0.4, 0.5) is 5.82 Å². The van der Waals surface area contributed by atoms with Crippen LogP contribution < -0.4 is 22.8 Å². The van der Waals surface area contributed by atoms with Crippen LogP contribution in [-0.4, -0.2) is 82.9 Å². The molecule has 1 unspecified atom stereocenters. The maximum absolute atomic E-state index is 12.4. The number of fused-ring (bicyclic) bond motifs is 1. The summed E-state index contributed by atoms with van der Waals surface area (Å²) in [4.78, 5) is 43.2. The molecule has 29 heavy (non-hydrogen) atoms. The number of nitrogens with two attached hydrogens (primary N) is 2. The number of aliphatic carboxylic acids is 1. The topological polar surface area (TPSA) is 223 Å². The lowest BCUT2D eigenvalue weighted by Gasteiger charge is -2.15. The summed E-state index contributed by atoms with van der Waals surface area (Å²) in [5, 5.41) is 29.7. The van der Waals surface area contributed by atoms with Gasteiger partial charge in [0.15, 0.2) is 11.9 Å². The highest BCUT2D eigenvalue weighted by atomic mass is 32.2. The molecule has 0 saturated carbocycles. The van der Waals surface area contributed by atoms with Crippen LogP contribution in [0, 0.1) is 0 Å². The molecule has 6 atom stereocenters. The second kappa shape index (κ2) is 8.16. The van der Waals surface area contributed by atoms with Gasteiger partial charge in [0, 0.05) is 6.42 Å². The number of nitrogen functional groups attached to an aromatic ring is 1. The van der Waals surface area contributed by atoms with E-state index in [-0.39, 0.29) is 34.3 Å². The number of nitrogens with zero attached hydrogens (tertiary/aromatic N) is 2. The van der Waals surface area contributed by atoms with Crippen LogP contribution in [0.25, 0.3) is 11.2 Å². The van der Waals surface area contributed by atoms with E-state index in [2.05, 4.69) is 15.0 Å². The highest BCUT2D eigenvalue weighted by Crippen LogP contribution is 2.31. The van der Waals surface area contributed by atoms with E-state index in [4.69, 9.17) is 21.3 Å². The van der Waals surface area contributed by atoms with Gasteiger partial charge >= 0.3 is 17.3 Å². The van der Waals surface area contributed by atoms with E-state index in [1.165, 1.54) is 0 Å². The molecule has 0 aromatic carbocycles. The van der Waals surface area contributed by atoms with Crippen molar-refractivity contribution in [3.8, 4) is 0 Å². The van der Waals surface area contributed by atoms with Crippen molar-refractivity contribution in [2.45, 2.75) is 37.0 Å². The van der Waals surface area contributed by atoms with E-state index in [9.17, 15) is 24.6 Å². The Balaban J connectivity index is 1.79. The van der Waals surface area contributed by atoms with Crippen molar-refractivity contribution in [2.75, 3.05) is 23.5 Å². The number of H-pyrrole nitrogens is 2. The standard InChI is InChI=1S/C15H22N6O7S/c1-29(3-2-5(16)13(24)25)4-6-8(22)9(23)12(28-6)21-11-7(18-15(21)27)10(17)19-14(26)20-11/h5-6,8-9,12,22-23H,2-4,16H2,1H3,(H4-,17,18,19,20,24,25,26,27)/p+1/t5-,6+,8+,9+,12+,29?/m0/s1. The zero-order chi connectivity index (χ0) is 21.5. The van der Waals surface area contributed by atoms with E-state index < -0.39 is 47.9 Å². The number of imidazole rings is 1. The van der Waals surface area contributed by atoms with Crippen LogP contribution in [0.15, 0.2) is 9.59 Å². The first-order valence-corrected chi connectivity index (χ1v) is 10.7. The van der Waals surface area contributed by atoms with Crippen LogP contribution in [-0.2, 0) is 20.4 Å². The third-order valence-corrected chi connectivity index (χ3v) is 6.59. The number of ether oxygens (including phenoxy) is 1. The second-order valence-electron chi connectivity index (χ2n) is 6.89. The van der Waals surface area contributed by atoms with Gasteiger partial charge in [-0.3, -0.25) is 9.78 Å². The minimum Gasteiger partial charge on any atom is -0.480 e. The molecule has 1 aliphatic heterocycles. The van der Waals surface area contributed by atoms with Crippen LogP contribution >= 0.6 is 0 Å². The molecule has 1 fully saturated rings. The maximum Gasteiger partial charge on any atom is 0.348 e. The normalized spacial score (nSPS) is 26.6. The number of carboxylic acid groups (broad SMARTS) is 1. The molecule has 0 aliphatic carbocycles. The molecule has 0 spiro atoms. The van der Waals surface area contributed by atoms with Crippen molar-refractivity contribution in [1.29, 1.82) is 0 Å². The molecule has 1 saturated heterocycles. The van der Waals surface area contributed by atoms with Gasteiger partial charge in [-0.25, -0.2) is 14.2 Å². The first-order valence-electron chi connectivity index (χ1n) is 8.69. The first-order chi connectivity index (χ1) is 13.6. The maximum atomic E-state index is 12.4. The van der Waals surface area contributed by atoms with E-state index in [1.807, 2.05) is 6.26 Å². The molecule has 160 valence electrons. The quantitative estimate of drug-likeness (QED) is 0.216. The van der Waals surface area contributed by atoms with Crippen LogP contribution in [0.5, 0.6) is 0 Å². The zero-order valence-corrected chi connectivity index (χ0v) is 16.3. The van der Waals surface area contributed by atoms with Crippen LogP contribution in [0.2, 0.25) is 0 Å². The Morgan fingerprint density at radius 3 is 2.69 bits per heavy atom. The predicted molar refractivity (Wildman–Crippen MR) is 105 cm³/mol. The Labute approximate surface area is 166 Å².